The Kier molecular flexibility index (Phi) is 5.24. The second-order valence-electron chi connectivity index (χ2n) is 3.45. The van der Waals surface area contributed by atoms with E-state index in [0.717, 1.165) is 0 Å². The van der Waals surface area contributed by atoms with E-state index in [-0.39, 0.29) is 13.0 Å². The van der Waals surface area contributed by atoms with Gasteiger partial charge in [0.1, 0.15) is 11.6 Å². The smallest absolute Gasteiger partial charge is 0.389 e. The quantitative estimate of drug-likeness (QED) is 0.443. The fraction of sp³-hybridized carbons (Fsp3) is 0.455. The van der Waals surface area contributed by atoms with Gasteiger partial charge in [0.05, 0.1) is 6.61 Å². The molecule has 96 valence electrons. The number of hydrogen-bond donors (Lipinski definition) is 0. The molecule has 0 aromatic heterocycles. The van der Waals surface area contributed by atoms with Crippen molar-refractivity contribution in [1.82, 2.24) is 0 Å². The molecule has 0 aliphatic carbocycles. The van der Waals surface area contributed by atoms with Gasteiger partial charge in [-0.2, -0.15) is 13.2 Å². The zero-order valence-electron chi connectivity index (χ0n) is 8.86. The van der Waals surface area contributed by atoms with Crippen molar-refractivity contribution in [3.8, 4) is 5.75 Å². The summed E-state index contributed by atoms with van der Waals surface area (Å²) in [7, 11) is 0. The predicted octanol–water partition coefficient (Wildman–Crippen LogP) is 4.44. The lowest BCUT2D eigenvalue weighted by Gasteiger charge is -2.11. The van der Waals surface area contributed by atoms with Gasteiger partial charge in [-0.05, 0) is 24.6 Å². The van der Waals surface area contributed by atoms with E-state index in [1.54, 1.807) is 0 Å². The van der Waals surface area contributed by atoms with E-state index in [0.29, 0.717) is 16.6 Å². The normalized spacial score (nSPS) is 11.6. The first kappa shape index (κ1) is 14.3. The molecule has 1 nitrogen and oxygen atoms in total. The van der Waals surface area contributed by atoms with Crippen LogP contribution in [0.1, 0.15) is 18.4 Å². The first-order valence-corrected chi connectivity index (χ1v) is 6.08. The Balaban J connectivity index is 2.46. The maximum atomic E-state index is 12.9. The van der Waals surface area contributed by atoms with Crippen molar-refractivity contribution in [1.29, 1.82) is 0 Å². The number of benzene rings is 1. The van der Waals surface area contributed by atoms with Crippen molar-refractivity contribution in [2.24, 2.45) is 0 Å². The molecule has 0 fully saturated rings. The van der Waals surface area contributed by atoms with E-state index < -0.39 is 18.4 Å². The van der Waals surface area contributed by atoms with Crippen LogP contribution in [0.25, 0.3) is 0 Å². The van der Waals surface area contributed by atoms with Crippen LogP contribution in [0.4, 0.5) is 17.6 Å². The maximum Gasteiger partial charge on any atom is 0.389 e. The number of alkyl halides is 4. The summed E-state index contributed by atoms with van der Waals surface area (Å²) in [4.78, 5) is 0. The number of hydrogen-bond acceptors (Lipinski definition) is 1. The van der Waals surface area contributed by atoms with Crippen molar-refractivity contribution in [2.75, 3.05) is 6.61 Å². The Hall–Kier alpha value is -0.780. The highest BCUT2D eigenvalue weighted by molar-refractivity contribution is 9.08. The highest BCUT2D eigenvalue weighted by Crippen LogP contribution is 2.24. The molecule has 0 spiro atoms. The van der Waals surface area contributed by atoms with Gasteiger partial charge in [-0.3, -0.25) is 0 Å². The van der Waals surface area contributed by atoms with Crippen molar-refractivity contribution in [3.05, 3.63) is 29.6 Å². The minimum atomic E-state index is -4.16. The molecule has 0 radical (unpaired) electrons. The molecule has 1 aromatic carbocycles. The summed E-state index contributed by atoms with van der Waals surface area (Å²) >= 11 is 3.16. The largest absolute Gasteiger partial charge is 0.493 e. The molecular formula is C11H11BrF4O. The molecule has 0 unspecified atom stereocenters. The van der Waals surface area contributed by atoms with Gasteiger partial charge in [-0.25, -0.2) is 4.39 Å². The van der Waals surface area contributed by atoms with Gasteiger partial charge < -0.3 is 4.74 Å². The average Bonchev–Trinajstić information content (AvgIpc) is 2.24. The van der Waals surface area contributed by atoms with Crippen molar-refractivity contribution in [3.63, 3.8) is 0 Å². The lowest BCUT2D eigenvalue weighted by Crippen LogP contribution is -2.10. The molecule has 0 bridgehead atoms. The van der Waals surface area contributed by atoms with Crippen LogP contribution >= 0.6 is 15.9 Å². The van der Waals surface area contributed by atoms with Gasteiger partial charge in [-0.15, -0.1) is 0 Å². The molecule has 0 aliphatic rings. The van der Waals surface area contributed by atoms with E-state index in [9.17, 15) is 17.6 Å². The van der Waals surface area contributed by atoms with Gasteiger partial charge in [0.25, 0.3) is 0 Å². The van der Waals surface area contributed by atoms with Crippen molar-refractivity contribution in [2.45, 2.75) is 24.3 Å². The standard InChI is InChI=1S/C11H11BrF4O/c12-7-8-6-9(13)2-3-10(8)17-5-1-4-11(14,15)16/h2-3,6H,1,4-5,7H2. The minimum absolute atomic E-state index is 0.0366. The summed E-state index contributed by atoms with van der Waals surface area (Å²) in [5.74, 6) is 0.00698. The van der Waals surface area contributed by atoms with Crippen molar-refractivity contribution >= 4 is 15.9 Å². The third-order valence-electron chi connectivity index (χ3n) is 2.03. The Labute approximate surface area is 105 Å². The maximum absolute atomic E-state index is 12.9. The summed E-state index contributed by atoms with van der Waals surface area (Å²) in [6, 6.07) is 3.92. The highest BCUT2D eigenvalue weighted by Gasteiger charge is 2.26. The summed E-state index contributed by atoms with van der Waals surface area (Å²) < 4.78 is 53.6. The fourth-order valence-electron chi connectivity index (χ4n) is 1.25. The Morgan fingerprint density at radius 1 is 1.24 bits per heavy atom. The summed E-state index contributed by atoms with van der Waals surface area (Å²) in [5.41, 5.74) is 0.581. The van der Waals surface area contributed by atoms with Crippen LogP contribution < -0.4 is 4.74 Å². The molecule has 0 saturated carbocycles. The SMILES string of the molecule is Fc1ccc(OCCCC(F)(F)F)c(CBr)c1. The minimum Gasteiger partial charge on any atom is -0.493 e. The lowest BCUT2D eigenvalue weighted by molar-refractivity contribution is -0.136. The second-order valence-corrected chi connectivity index (χ2v) is 4.01. The lowest BCUT2D eigenvalue weighted by atomic mass is 10.2. The van der Waals surface area contributed by atoms with Gasteiger partial charge >= 0.3 is 6.18 Å². The third kappa shape index (κ3) is 5.39. The van der Waals surface area contributed by atoms with Crippen LogP contribution in [0.15, 0.2) is 18.2 Å². The van der Waals surface area contributed by atoms with Gasteiger partial charge in [0, 0.05) is 17.3 Å². The number of halogens is 5. The molecule has 0 N–H and O–H groups in total. The molecule has 1 aromatic rings. The molecule has 17 heavy (non-hydrogen) atoms. The molecule has 0 heterocycles. The molecule has 0 amide bonds. The van der Waals surface area contributed by atoms with Crippen LogP contribution in [0.3, 0.4) is 0 Å². The summed E-state index contributed by atoms with van der Waals surface area (Å²) in [6.07, 6.45) is -5.15. The molecular weight excluding hydrogens is 304 g/mol. The van der Waals surface area contributed by atoms with Crippen LogP contribution in [0.2, 0.25) is 0 Å². The molecule has 0 saturated heterocycles. The second kappa shape index (κ2) is 6.23. The van der Waals surface area contributed by atoms with Crippen LogP contribution in [-0.2, 0) is 5.33 Å². The Bertz CT molecular complexity index is 365. The van der Waals surface area contributed by atoms with Gasteiger partial charge in [0.15, 0.2) is 0 Å². The zero-order valence-corrected chi connectivity index (χ0v) is 10.4. The van der Waals surface area contributed by atoms with Crippen LogP contribution in [0, 0.1) is 5.82 Å². The van der Waals surface area contributed by atoms with E-state index in [4.69, 9.17) is 4.74 Å². The molecule has 1 rings (SSSR count). The van der Waals surface area contributed by atoms with Crippen LogP contribution in [0.5, 0.6) is 5.75 Å². The first-order chi connectivity index (χ1) is 7.92. The summed E-state index contributed by atoms with van der Waals surface area (Å²) in [6.45, 7) is -0.0366. The molecule has 0 atom stereocenters. The van der Waals surface area contributed by atoms with E-state index in [1.807, 2.05) is 0 Å². The van der Waals surface area contributed by atoms with E-state index in [1.165, 1.54) is 18.2 Å². The van der Waals surface area contributed by atoms with Crippen LogP contribution in [-0.4, -0.2) is 12.8 Å². The Morgan fingerprint density at radius 3 is 2.53 bits per heavy atom. The summed E-state index contributed by atoms with van der Waals surface area (Å²) in [5, 5.41) is 0.388. The Morgan fingerprint density at radius 2 is 1.94 bits per heavy atom. The van der Waals surface area contributed by atoms with Gasteiger partial charge in [-0.1, -0.05) is 15.9 Å². The van der Waals surface area contributed by atoms with Crippen molar-refractivity contribution < 1.29 is 22.3 Å². The third-order valence-corrected chi connectivity index (χ3v) is 2.63. The first-order valence-electron chi connectivity index (χ1n) is 4.96. The zero-order chi connectivity index (χ0) is 12.9. The predicted molar refractivity (Wildman–Crippen MR) is 59.8 cm³/mol. The number of rotatable bonds is 5. The topological polar surface area (TPSA) is 9.23 Å². The molecule has 0 aliphatic heterocycles. The highest BCUT2D eigenvalue weighted by atomic mass is 79.9. The van der Waals surface area contributed by atoms with Gasteiger partial charge in [0.2, 0.25) is 0 Å². The van der Waals surface area contributed by atoms with E-state index >= 15 is 0 Å². The van der Waals surface area contributed by atoms with E-state index in [2.05, 4.69) is 15.9 Å². The number of ether oxygens (including phenoxy) is 1. The fourth-order valence-corrected chi connectivity index (χ4v) is 1.69. The average molecular weight is 315 g/mol. The monoisotopic (exact) mass is 314 g/mol. The molecule has 6 heteroatoms.